The fourth-order valence-corrected chi connectivity index (χ4v) is 3.35. The van der Waals surface area contributed by atoms with Gasteiger partial charge in [-0.1, -0.05) is 12.1 Å². The van der Waals surface area contributed by atoms with Gasteiger partial charge in [0.25, 0.3) is 0 Å². The number of amides is 1. The highest BCUT2D eigenvalue weighted by molar-refractivity contribution is 5.87. The third-order valence-corrected chi connectivity index (χ3v) is 4.40. The highest BCUT2D eigenvalue weighted by Crippen LogP contribution is 2.57. The summed E-state index contributed by atoms with van der Waals surface area (Å²) in [6.45, 7) is 0.435. The molecule has 2 heterocycles. The topological polar surface area (TPSA) is 38.8 Å². The van der Waals surface area contributed by atoms with Crippen LogP contribution in [0.25, 0.3) is 0 Å². The number of rotatable bonds is 2. The molecule has 0 aromatic heterocycles. The molecule has 1 saturated carbocycles. The molecule has 0 unspecified atom stereocenters. The maximum Gasteiger partial charge on any atom is 0.231 e. The average molecular weight is 263 g/mol. The molecule has 3 fully saturated rings. The first-order valence-electron chi connectivity index (χ1n) is 6.44. The third-order valence-electron chi connectivity index (χ3n) is 4.40. The molecule has 2 saturated heterocycles. The van der Waals surface area contributed by atoms with Crippen molar-refractivity contribution in [3.63, 3.8) is 0 Å². The Labute approximate surface area is 110 Å². The standard InChI is InChI=1S/C14H14FNO3/c1-18-8-4-2-7(3-5-8)14-16-9(6-19-14)10-11(12(10)15)13(16)17/h2-5,9-12,14H,6H2,1H3/t9-,10-,11+,12+,14-/m1/s1. The fraction of sp³-hybridized carbons (Fsp3) is 0.500. The molecule has 4 rings (SSSR count). The van der Waals surface area contributed by atoms with Crippen LogP contribution in [-0.2, 0) is 9.53 Å². The van der Waals surface area contributed by atoms with Crippen LogP contribution >= 0.6 is 0 Å². The van der Waals surface area contributed by atoms with E-state index in [1.807, 2.05) is 24.3 Å². The molecular weight excluding hydrogens is 249 g/mol. The number of hydrogen-bond donors (Lipinski definition) is 0. The first-order valence-corrected chi connectivity index (χ1v) is 6.44. The van der Waals surface area contributed by atoms with E-state index in [2.05, 4.69) is 0 Å². The van der Waals surface area contributed by atoms with Crippen molar-refractivity contribution in [2.75, 3.05) is 13.7 Å². The Morgan fingerprint density at radius 1 is 1.37 bits per heavy atom. The van der Waals surface area contributed by atoms with E-state index < -0.39 is 12.1 Å². The number of halogens is 1. The molecule has 1 aromatic rings. The molecule has 19 heavy (non-hydrogen) atoms. The zero-order valence-electron chi connectivity index (χ0n) is 10.5. The van der Waals surface area contributed by atoms with Crippen molar-refractivity contribution in [2.45, 2.75) is 18.4 Å². The van der Waals surface area contributed by atoms with Crippen LogP contribution < -0.4 is 4.74 Å². The van der Waals surface area contributed by atoms with Crippen LogP contribution in [0, 0.1) is 11.8 Å². The largest absolute Gasteiger partial charge is 0.497 e. The van der Waals surface area contributed by atoms with Crippen LogP contribution in [0.2, 0.25) is 0 Å². The number of alkyl halides is 1. The Bertz CT molecular complexity index is 532. The van der Waals surface area contributed by atoms with Crippen LogP contribution in [0.1, 0.15) is 11.8 Å². The zero-order valence-corrected chi connectivity index (χ0v) is 10.5. The number of benzene rings is 1. The summed E-state index contributed by atoms with van der Waals surface area (Å²) in [7, 11) is 1.61. The Morgan fingerprint density at radius 2 is 2.11 bits per heavy atom. The minimum atomic E-state index is -0.952. The summed E-state index contributed by atoms with van der Waals surface area (Å²) in [5.74, 6) is 0.115. The Morgan fingerprint density at radius 3 is 2.79 bits per heavy atom. The smallest absolute Gasteiger partial charge is 0.231 e. The van der Waals surface area contributed by atoms with Gasteiger partial charge < -0.3 is 14.4 Å². The van der Waals surface area contributed by atoms with E-state index in [0.717, 1.165) is 11.3 Å². The summed E-state index contributed by atoms with van der Waals surface area (Å²) in [6.07, 6.45) is -1.32. The van der Waals surface area contributed by atoms with E-state index >= 15 is 0 Å². The van der Waals surface area contributed by atoms with Gasteiger partial charge in [-0.05, 0) is 12.1 Å². The van der Waals surface area contributed by atoms with E-state index in [0.29, 0.717) is 6.61 Å². The molecule has 0 N–H and O–H groups in total. The Balaban J connectivity index is 1.61. The number of carbonyl (C=O) groups excluding carboxylic acids is 1. The van der Waals surface area contributed by atoms with Gasteiger partial charge >= 0.3 is 0 Å². The maximum absolute atomic E-state index is 13.4. The number of nitrogens with zero attached hydrogens (tertiary/aromatic N) is 1. The van der Waals surface area contributed by atoms with Crippen molar-refractivity contribution < 1.29 is 18.7 Å². The van der Waals surface area contributed by atoms with Crippen molar-refractivity contribution in [1.29, 1.82) is 0 Å². The molecule has 5 atom stereocenters. The van der Waals surface area contributed by atoms with Crippen LogP contribution in [0.5, 0.6) is 5.75 Å². The van der Waals surface area contributed by atoms with E-state index in [9.17, 15) is 9.18 Å². The van der Waals surface area contributed by atoms with Gasteiger partial charge in [0.2, 0.25) is 5.91 Å². The lowest BCUT2D eigenvalue weighted by Gasteiger charge is -2.25. The predicted octanol–water partition coefficient (Wildman–Crippen LogP) is 1.52. The maximum atomic E-state index is 13.4. The van der Waals surface area contributed by atoms with Crippen LogP contribution in [0.4, 0.5) is 4.39 Å². The second-order valence-electron chi connectivity index (χ2n) is 5.32. The third kappa shape index (κ3) is 1.39. The van der Waals surface area contributed by atoms with Gasteiger partial charge in [0, 0.05) is 11.5 Å². The van der Waals surface area contributed by atoms with Gasteiger partial charge in [-0.3, -0.25) is 4.79 Å². The highest BCUT2D eigenvalue weighted by Gasteiger charge is 2.70. The zero-order chi connectivity index (χ0) is 13.1. The number of methoxy groups -OCH3 is 1. The fourth-order valence-electron chi connectivity index (χ4n) is 3.35. The monoisotopic (exact) mass is 263 g/mol. The normalized spacial score (nSPS) is 39.2. The summed E-state index contributed by atoms with van der Waals surface area (Å²) in [5.41, 5.74) is 0.911. The second-order valence-corrected chi connectivity index (χ2v) is 5.32. The SMILES string of the molecule is COc1ccc([C@H]2OC[C@@H]3[C@H]4[C@H](F)[C@H]4C(=O)N23)cc1. The summed E-state index contributed by atoms with van der Waals surface area (Å²) in [5, 5.41) is 0. The Kier molecular flexibility index (Phi) is 2.18. The molecule has 1 aromatic carbocycles. The van der Waals surface area contributed by atoms with Crippen LogP contribution in [0.3, 0.4) is 0 Å². The Hall–Kier alpha value is -1.62. The van der Waals surface area contributed by atoms with Crippen molar-refractivity contribution in [2.24, 2.45) is 11.8 Å². The van der Waals surface area contributed by atoms with E-state index in [1.165, 1.54) is 0 Å². The summed E-state index contributed by atoms with van der Waals surface area (Å²) < 4.78 is 24.2. The molecule has 5 heteroatoms. The quantitative estimate of drug-likeness (QED) is 0.812. The molecule has 3 aliphatic rings. The molecule has 0 bridgehead atoms. The van der Waals surface area contributed by atoms with E-state index in [1.54, 1.807) is 12.0 Å². The molecule has 4 nitrogen and oxygen atoms in total. The van der Waals surface area contributed by atoms with Gasteiger partial charge in [-0.25, -0.2) is 4.39 Å². The molecule has 1 aliphatic carbocycles. The van der Waals surface area contributed by atoms with Crippen molar-refractivity contribution in [3.05, 3.63) is 29.8 Å². The summed E-state index contributed by atoms with van der Waals surface area (Å²) in [6, 6.07) is 7.36. The number of piperidine rings is 1. The van der Waals surface area contributed by atoms with Gasteiger partial charge in [0.05, 0.1) is 25.7 Å². The molecule has 0 radical (unpaired) electrons. The minimum absolute atomic E-state index is 0.0837. The molecule has 100 valence electrons. The lowest BCUT2D eigenvalue weighted by Crippen LogP contribution is -2.36. The summed E-state index contributed by atoms with van der Waals surface area (Å²) >= 11 is 0. The second kappa shape index (κ2) is 3.70. The number of hydrogen-bond acceptors (Lipinski definition) is 3. The van der Waals surface area contributed by atoms with Crippen molar-refractivity contribution in [1.82, 2.24) is 4.90 Å². The molecular formula is C14H14FNO3. The van der Waals surface area contributed by atoms with Gasteiger partial charge in [0.1, 0.15) is 11.9 Å². The van der Waals surface area contributed by atoms with Crippen molar-refractivity contribution >= 4 is 5.91 Å². The van der Waals surface area contributed by atoms with E-state index in [-0.39, 0.29) is 24.1 Å². The number of ether oxygens (including phenoxy) is 2. The molecule has 0 spiro atoms. The lowest BCUT2D eigenvalue weighted by atomic mass is 10.1. The lowest BCUT2D eigenvalue weighted by molar-refractivity contribution is -0.137. The molecule has 1 amide bonds. The first-order chi connectivity index (χ1) is 9.22. The van der Waals surface area contributed by atoms with Crippen LogP contribution in [-0.4, -0.2) is 36.7 Å². The predicted molar refractivity (Wildman–Crippen MR) is 64.2 cm³/mol. The first kappa shape index (κ1) is 11.2. The van der Waals surface area contributed by atoms with Crippen molar-refractivity contribution in [3.8, 4) is 5.75 Å². The van der Waals surface area contributed by atoms with Gasteiger partial charge in [-0.15, -0.1) is 0 Å². The average Bonchev–Trinajstić information content (AvgIpc) is 2.82. The van der Waals surface area contributed by atoms with E-state index in [4.69, 9.17) is 9.47 Å². The van der Waals surface area contributed by atoms with Gasteiger partial charge in [-0.2, -0.15) is 0 Å². The van der Waals surface area contributed by atoms with Crippen LogP contribution in [0.15, 0.2) is 24.3 Å². The minimum Gasteiger partial charge on any atom is -0.497 e. The van der Waals surface area contributed by atoms with Gasteiger partial charge in [0.15, 0.2) is 6.23 Å². The number of fused-ring (bicyclic) bond motifs is 3. The number of carbonyl (C=O) groups is 1. The highest BCUT2D eigenvalue weighted by atomic mass is 19.1. The summed E-state index contributed by atoms with van der Waals surface area (Å²) in [4.78, 5) is 13.8. The molecule has 2 aliphatic heterocycles.